The first-order valence-corrected chi connectivity index (χ1v) is 12.5. The summed E-state index contributed by atoms with van der Waals surface area (Å²) in [5.74, 6) is 0.280. The molecule has 33 heavy (non-hydrogen) atoms. The average Bonchev–Trinajstić information content (AvgIpc) is 2.79. The van der Waals surface area contributed by atoms with Crippen LogP contribution < -0.4 is 14.8 Å². The zero-order chi connectivity index (χ0) is 24.0. The van der Waals surface area contributed by atoms with Crippen LogP contribution in [0.25, 0.3) is 0 Å². The smallest absolute Gasteiger partial charge is 0.241 e. The summed E-state index contributed by atoms with van der Waals surface area (Å²) < 4.78 is 32.7. The number of nitrogens with zero attached hydrogens (tertiary/aromatic N) is 1. The Kier molecular flexibility index (Phi) is 8.34. The summed E-state index contributed by atoms with van der Waals surface area (Å²) in [6.45, 7) is 2.53. The molecule has 2 aromatic carbocycles. The van der Waals surface area contributed by atoms with Gasteiger partial charge >= 0.3 is 0 Å². The number of likely N-dealkylation sites (tertiary alicyclic amines) is 1. The molecule has 0 radical (unpaired) electrons. The number of benzene rings is 2. The van der Waals surface area contributed by atoms with Gasteiger partial charge < -0.3 is 15.0 Å². The highest BCUT2D eigenvalue weighted by molar-refractivity contribution is 7.89. The van der Waals surface area contributed by atoms with Crippen LogP contribution in [0.4, 0.5) is 0 Å². The number of ether oxygens (including phenoxy) is 1. The molecule has 2 N–H and O–H groups in total. The molecule has 8 nitrogen and oxygen atoms in total. The van der Waals surface area contributed by atoms with Crippen molar-refractivity contribution < 1.29 is 22.7 Å². The zero-order valence-corrected chi connectivity index (χ0v) is 20.2. The maximum Gasteiger partial charge on any atom is 0.241 e. The molecular weight excluding hydrogens is 466 g/mol. The lowest BCUT2D eigenvalue weighted by Gasteiger charge is -2.33. The normalized spacial score (nSPS) is 15.7. The second-order valence-corrected chi connectivity index (χ2v) is 10.1. The van der Waals surface area contributed by atoms with Gasteiger partial charge in [0.2, 0.25) is 21.8 Å². The molecule has 1 aliphatic heterocycles. The standard InChI is InChI=1S/C23H28ClN3O5S/c1-16(26-33(30,31)20-9-7-18(24)8-10-20)23(29)25-19-11-13-27(14-12-19)22(28)15-17-5-3-4-6-21(17)32-2/h3-10,16,19,26H,11-15H2,1-2H3,(H,25,29)/t16-/m0/s1. The van der Waals surface area contributed by atoms with E-state index in [1.807, 2.05) is 24.3 Å². The number of methoxy groups -OCH3 is 1. The first kappa shape index (κ1) is 25.0. The highest BCUT2D eigenvalue weighted by Gasteiger charge is 2.27. The Morgan fingerprint density at radius 1 is 1.12 bits per heavy atom. The molecule has 0 unspecified atom stereocenters. The Labute approximate surface area is 199 Å². The van der Waals surface area contributed by atoms with Gasteiger partial charge in [0.1, 0.15) is 5.75 Å². The maximum atomic E-state index is 12.7. The molecule has 10 heteroatoms. The van der Waals surface area contributed by atoms with Gasteiger partial charge in [-0.2, -0.15) is 4.72 Å². The van der Waals surface area contributed by atoms with Crippen LogP contribution in [0.1, 0.15) is 25.3 Å². The number of carbonyl (C=O) groups excluding carboxylic acids is 2. The highest BCUT2D eigenvalue weighted by Crippen LogP contribution is 2.20. The van der Waals surface area contributed by atoms with E-state index in [0.29, 0.717) is 36.7 Å². The van der Waals surface area contributed by atoms with Gasteiger partial charge in [-0.05, 0) is 50.1 Å². The quantitative estimate of drug-likeness (QED) is 0.587. The molecule has 1 atom stereocenters. The molecule has 0 bridgehead atoms. The zero-order valence-electron chi connectivity index (χ0n) is 18.6. The van der Waals surface area contributed by atoms with Gasteiger partial charge in [0.15, 0.2) is 0 Å². The monoisotopic (exact) mass is 493 g/mol. The van der Waals surface area contributed by atoms with E-state index in [0.717, 1.165) is 5.56 Å². The van der Waals surface area contributed by atoms with Crippen LogP contribution >= 0.6 is 11.6 Å². The molecule has 2 amide bonds. The van der Waals surface area contributed by atoms with Gasteiger partial charge in [0, 0.05) is 29.7 Å². The van der Waals surface area contributed by atoms with Crippen LogP contribution in [0.3, 0.4) is 0 Å². The third-order valence-electron chi connectivity index (χ3n) is 5.58. The van der Waals surface area contributed by atoms with Crippen LogP contribution in [-0.4, -0.2) is 57.4 Å². The van der Waals surface area contributed by atoms with Crippen molar-refractivity contribution in [2.45, 2.75) is 43.2 Å². The van der Waals surface area contributed by atoms with E-state index in [-0.39, 0.29) is 23.3 Å². The number of piperidine rings is 1. The highest BCUT2D eigenvalue weighted by atomic mass is 35.5. The van der Waals surface area contributed by atoms with Gasteiger partial charge in [-0.25, -0.2) is 8.42 Å². The molecule has 3 rings (SSSR count). The summed E-state index contributed by atoms with van der Waals surface area (Å²) in [5.41, 5.74) is 0.835. The van der Waals surface area contributed by atoms with E-state index >= 15 is 0 Å². The fourth-order valence-corrected chi connectivity index (χ4v) is 5.02. The first-order valence-electron chi connectivity index (χ1n) is 10.7. The summed E-state index contributed by atoms with van der Waals surface area (Å²) in [4.78, 5) is 27.0. The number of nitrogens with one attached hydrogen (secondary N) is 2. The molecule has 0 saturated carbocycles. The number of carbonyl (C=O) groups is 2. The fraction of sp³-hybridized carbons (Fsp3) is 0.391. The number of para-hydroxylation sites is 1. The summed E-state index contributed by atoms with van der Waals surface area (Å²) in [6.07, 6.45) is 1.45. The van der Waals surface area contributed by atoms with E-state index < -0.39 is 22.0 Å². The largest absolute Gasteiger partial charge is 0.496 e. The molecule has 0 aliphatic carbocycles. The Bertz CT molecular complexity index is 1080. The van der Waals surface area contributed by atoms with Crippen LogP contribution in [0.5, 0.6) is 5.75 Å². The maximum absolute atomic E-state index is 12.7. The predicted octanol–water partition coefficient (Wildman–Crippen LogP) is 2.37. The van der Waals surface area contributed by atoms with Crippen LogP contribution in [-0.2, 0) is 26.0 Å². The van der Waals surface area contributed by atoms with Crippen molar-refractivity contribution >= 4 is 33.4 Å². The van der Waals surface area contributed by atoms with Crippen molar-refractivity contribution in [1.82, 2.24) is 14.9 Å². The molecule has 1 fully saturated rings. The van der Waals surface area contributed by atoms with Crippen molar-refractivity contribution in [3.63, 3.8) is 0 Å². The number of hydrogen-bond donors (Lipinski definition) is 2. The molecule has 178 valence electrons. The predicted molar refractivity (Wildman–Crippen MR) is 126 cm³/mol. The fourth-order valence-electron chi connectivity index (χ4n) is 3.69. The average molecular weight is 494 g/mol. The van der Waals surface area contributed by atoms with Crippen molar-refractivity contribution in [3.05, 3.63) is 59.1 Å². The van der Waals surface area contributed by atoms with Gasteiger partial charge in [-0.15, -0.1) is 0 Å². The molecule has 2 aromatic rings. The van der Waals surface area contributed by atoms with Crippen LogP contribution in [0.2, 0.25) is 5.02 Å². The lowest BCUT2D eigenvalue weighted by atomic mass is 10.0. The molecule has 0 spiro atoms. The van der Waals surface area contributed by atoms with Gasteiger partial charge in [0.25, 0.3) is 0 Å². The topological polar surface area (TPSA) is 105 Å². The summed E-state index contributed by atoms with van der Waals surface area (Å²) in [5, 5.41) is 3.31. The molecule has 1 aliphatic rings. The first-order chi connectivity index (χ1) is 15.7. The third-order valence-corrected chi connectivity index (χ3v) is 7.39. The van der Waals surface area contributed by atoms with Crippen molar-refractivity contribution in [2.24, 2.45) is 0 Å². The third kappa shape index (κ3) is 6.69. The second-order valence-electron chi connectivity index (χ2n) is 7.95. The minimum absolute atomic E-state index is 0.00775. The van der Waals surface area contributed by atoms with Crippen molar-refractivity contribution in [2.75, 3.05) is 20.2 Å². The number of sulfonamides is 1. The van der Waals surface area contributed by atoms with E-state index in [4.69, 9.17) is 16.3 Å². The summed E-state index contributed by atoms with van der Waals surface area (Å²) in [7, 11) is -2.27. The Morgan fingerprint density at radius 3 is 2.39 bits per heavy atom. The van der Waals surface area contributed by atoms with Gasteiger partial charge in [-0.3, -0.25) is 9.59 Å². The minimum atomic E-state index is -3.85. The number of halogens is 1. The van der Waals surface area contributed by atoms with E-state index in [2.05, 4.69) is 10.0 Å². The van der Waals surface area contributed by atoms with E-state index in [1.165, 1.54) is 31.2 Å². The number of rotatable bonds is 8. The van der Waals surface area contributed by atoms with Crippen molar-refractivity contribution in [1.29, 1.82) is 0 Å². The molecular formula is C23H28ClN3O5S. The molecule has 1 heterocycles. The minimum Gasteiger partial charge on any atom is -0.496 e. The van der Waals surface area contributed by atoms with Crippen LogP contribution in [0.15, 0.2) is 53.4 Å². The van der Waals surface area contributed by atoms with E-state index in [9.17, 15) is 18.0 Å². The number of amides is 2. The number of hydrogen-bond acceptors (Lipinski definition) is 5. The lowest BCUT2D eigenvalue weighted by Crippen LogP contribution is -2.51. The Balaban J connectivity index is 1.48. The SMILES string of the molecule is COc1ccccc1CC(=O)N1CCC(NC(=O)[C@H](C)NS(=O)(=O)c2ccc(Cl)cc2)CC1. The summed E-state index contributed by atoms with van der Waals surface area (Å²) >= 11 is 5.80. The summed E-state index contributed by atoms with van der Waals surface area (Å²) in [6, 6.07) is 12.1. The molecule has 1 saturated heterocycles. The lowest BCUT2D eigenvalue weighted by molar-refractivity contribution is -0.131. The van der Waals surface area contributed by atoms with Crippen LogP contribution in [0, 0.1) is 0 Å². The second kappa shape index (κ2) is 11.0. The van der Waals surface area contributed by atoms with Crippen molar-refractivity contribution in [3.8, 4) is 5.75 Å². The van der Waals surface area contributed by atoms with E-state index in [1.54, 1.807) is 12.0 Å². The van der Waals surface area contributed by atoms with Gasteiger partial charge in [0.05, 0.1) is 24.5 Å². The Hall–Kier alpha value is -2.62. The van der Waals surface area contributed by atoms with Gasteiger partial charge in [-0.1, -0.05) is 29.8 Å². The molecule has 0 aromatic heterocycles. The Morgan fingerprint density at radius 2 is 1.76 bits per heavy atom.